The van der Waals surface area contributed by atoms with Crippen LogP contribution in [0.1, 0.15) is 5.82 Å². The van der Waals surface area contributed by atoms with Crippen molar-refractivity contribution in [1.82, 2.24) is 9.97 Å². The molecule has 2 rings (SSSR count). The van der Waals surface area contributed by atoms with Crippen LogP contribution in [-0.4, -0.2) is 9.97 Å². The molecule has 0 amide bonds. The molecule has 0 unspecified atom stereocenters. The fourth-order valence-electron chi connectivity index (χ4n) is 1.40. The number of aryl methyl sites for hydroxylation is 1. The third kappa shape index (κ3) is 2.02. The molecule has 0 aliphatic carbocycles. The van der Waals surface area contributed by atoms with Crippen molar-refractivity contribution in [2.24, 2.45) is 0 Å². The van der Waals surface area contributed by atoms with Gasteiger partial charge in [-0.3, -0.25) is 0 Å². The fraction of sp³-hybridized carbons (Fsp3) is 0.0909. The Labute approximate surface area is 95.9 Å². The summed E-state index contributed by atoms with van der Waals surface area (Å²) in [6.45, 7) is 1.61. The zero-order valence-corrected chi connectivity index (χ0v) is 9.09. The van der Waals surface area contributed by atoms with Gasteiger partial charge in [0.2, 0.25) is 0 Å². The highest BCUT2D eigenvalue weighted by molar-refractivity contribution is 6.29. The van der Waals surface area contributed by atoms with Crippen LogP contribution in [0.3, 0.4) is 0 Å². The van der Waals surface area contributed by atoms with E-state index in [9.17, 15) is 8.78 Å². The number of halogens is 3. The minimum Gasteiger partial charge on any atom is -0.233 e. The standard InChI is InChI=1S/C11H7ClF2N2/c1-6-15-9(5-10(12)16-6)11-7(13)3-2-4-8(11)14/h2-5H,1H3. The van der Waals surface area contributed by atoms with Gasteiger partial charge in [-0.05, 0) is 19.1 Å². The molecule has 0 saturated carbocycles. The summed E-state index contributed by atoms with van der Waals surface area (Å²) < 4.78 is 26.9. The second-order valence-electron chi connectivity index (χ2n) is 3.22. The van der Waals surface area contributed by atoms with Crippen molar-refractivity contribution in [3.8, 4) is 11.3 Å². The van der Waals surface area contributed by atoms with Gasteiger partial charge in [-0.15, -0.1) is 0 Å². The summed E-state index contributed by atoms with van der Waals surface area (Å²) in [6.07, 6.45) is 0. The van der Waals surface area contributed by atoms with E-state index in [1.165, 1.54) is 24.3 Å². The Kier molecular flexibility index (Phi) is 2.83. The van der Waals surface area contributed by atoms with Crippen molar-refractivity contribution in [2.75, 3.05) is 0 Å². The van der Waals surface area contributed by atoms with Crippen molar-refractivity contribution in [1.29, 1.82) is 0 Å². The summed E-state index contributed by atoms with van der Waals surface area (Å²) in [5, 5.41) is 0.158. The number of rotatable bonds is 1. The van der Waals surface area contributed by atoms with Crippen molar-refractivity contribution < 1.29 is 8.78 Å². The third-order valence-electron chi connectivity index (χ3n) is 2.03. The first-order valence-electron chi connectivity index (χ1n) is 4.53. The quantitative estimate of drug-likeness (QED) is 0.714. The zero-order valence-electron chi connectivity index (χ0n) is 8.34. The van der Waals surface area contributed by atoms with E-state index in [0.29, 0.717) is 5.82 Å². The predicted octanol–water partition coefficient (Wildman–Crippen LogP) is 3.38. The third-order valence-corrected chi connectivity index (χ3v) is 2.22. The van der Waals surface area contributed by atoms with Gasteiger partial charge < -0.3 is 0 Å². The number of nitrogens with zero attached hydrogens (tertiary/aromatic N) is 2. The molecule has 0 bridgehead atoms. The average Bonchev–Trinajstić information content (AvgIpc) is 2.15. The van der Waals surface area contributed by atoms with E-state index in [1.807, 2.05) is 0 Å². The van der Waals surface area contributed by atoms with E-state index in [2.05, 4.69) is 9.97 Å². The van der Waals surface area contributed by atoms with Crippen LogP contribution in [0.15, 0.2) is 24.3 Å². The van der Waals surface area contributed by atoms with Crippen LogP contribution in [0.4, 0.5) is 8.78 Å². The molecule has 16 heavy (non-hydrogen) atoms. The van der Waals surface area contributed by atoms with Gasteiger partial charge in [0.25, 0.3) is 0 Å². The molecule has 5 heteroatoms. The van der Waals surface area contributed by atoms with Crippen LogP contribution in [0.2, 0.25) is 5.15 Å². The maximum Gasteiger partial charge on any atom is 0.135 e. The summed E-state index contributed by atoms with van der Waals surface area (Å²) in [4.78, 5) is 7.78. The molecular formula is C11H7ClF2N2. The summed E-state index contributed by atoms with van der Waals surface area (Å²) in [5.41, 5.74) is -0.0389. The van der Waals surface area contributed by atoms with Crippen LogP contribution >= 0.6 is 11.6 Å². The van der Waals surface area contributed by atoms with Crippen LogP contribution in [0.25, 0.3) is 11.3 Å². The van der Waals surface area contributed by atoms with Crippen molar-refractivity contribution in [3.63, 3.8) is 0 Å². The molecule has 0 aliphatic heterocycles. The van der Waals surface area contributed by atoms with Gasteiger partial charge in [0.15, 0.2) is 0 Å². The van der Waals surface area contributed by atoms with E-state index in [0.717, 1.165) is 0 Å². The molecule has 0 atom stereocenters. The first kappa shape index (κ1) is 11.0. The van der Waals surface area contributed by atoms with E-state index in [1.54, 1.807) is 6.92 Å². The minimum atomic E-state index is -0.672. The predicted molar refractivity (Wildman–Crippen MR) is 57.1 cm³/mol. The smallest absolute Gasteiger partial charge is 0.135 e. The first-order chi connectivity index (χ1) is 7.58. The second kappa shape index (κ2) is 4.14. The number of aromatic nitrogens is 2. The van der Waals surface area contributed by atoms with Crippen molar-refractivity contribution in [3.05, 3.63) is 46.9 Å². The van der Waals surface area contributed by atoms with E-state index in [4.69, 9.17) is 11.6 Å². The van der Waals surface area contributed by atoms with Gasteiger partial charge in [0.1, 0.15) is 22.6 Å². The van der Waals surface area contributed by atoms with Gasteiger partial charge in [-0.1, -0.05) is 17.7 Å². The minimum absolute atomic E-state index is 0.146. The molecule has 0 radical (unpaired) electrons. The summed E-state index contributed by atoms with van der Waals surface area (Å²) >= 11 is 5.71. The number of benzene rings is 1. The molecule has 0 aliphatic rings. The number of hydrogen-bond acceptors (Lipinski definition) is 2. The summed E-state index contributed by atoms with van der Waals surface area (Å²) in [7, 11) is 0. The van der Waals surface area contributed by atoms with Gasteiger partial charge in [-0.25, -0.2) is 18.7 Å². The largest absolute Gasteiger partial charge is 0.233 e. The Morgan fingerprint density at radius 1 is 1.12 bits per heavy atom. The average molecular weight is 241 g/mol. The normalized spacial score (nSPS) is 10.5. The SMILES string of the molecule is Cc1nc(Cl)cc(-c2c(F)cccc2F)n1. The van der Waals surface area contributed by atoms with Gasteiger partial charge in [-0.2, -0.15) is 0 Å². The molecular weight excluding hydrogens is 234 g/mol. The molecule has 1 aromatic heterocycles. The summed E-state index contributed by atoms with van der Waals surface area (Å²) in [5.74, 6) is -0.978. The molecule has 2 nitrogen and oxygen atoms in total. The Hall–Kier alpha value is -1.55. The highest BCUT2D eigenvalue weighted by Crippen LogP contribution is 2.25. The Bertz CT molecular complexity index is 503. The monoisotopic (exact) mass is 240 g/mol. The van der Waals surface area contributed by atoms with Crippen LogP contribution < -0.4 is 0 Å². The Morgan fingerprint density at radius 2 is 1.75 bits per heavy atom. The molecule has 1 heterocycles. The molecule has 0 fully saturated rings. The van der Waals surface area contributed by atoms with E-state index < -0.39 is 11.6 Å². The maximum atomic E-state index is 13.5. The van der Waals surface area contributed by atoms with E-state index >= 15 is 0 Å². The van der Waals surface area contributed by atoms with Crippen LogP contribution in [-0.2, 0) is 0 Å². The molecule has 2 aromatic rings. The molecule has 0 N–H and O–H groups in total. The van der Waals surface area contributed by atoms with Crippen molar-refractivity contribution >= 4 is 11.6 Å². The highest BCUT2D eigenvalue weighted by Gasteiger charge is 2.13. The van der Waals surface area contributed by atoms with Crippen molar-refractivity contribution in [2.45, 2.75) is 6.92 Å². The van der Waals surface area contributed by atoms with E-state index in [-0.39, 0.29) is 16.4 Å². The summed E-state index contributed by atoms with van der Waals surface area (Å²) in [6, 6.07) is 4.97. The lowest BCUT2D eigenvalue weighted by Crippen LogP contribution is -1.96. The molecule has 0 spiro atoms. The molecule has 82 valence electrons. The van der Waals surface area contributed by atoms with Crippen LogP contribution in [0, 0.1) is 18.6 Å². The van der Waals surface area contributed by atoms with Crippen LogP contribution in [0.5, 0.6) is 0 Å². The fourth-order valence-corrected chi connectivity index (χ4v) is 1.63. The topological polar surface area (TPSA) is 25.8 Å². The van der Waals surface area contributed by atoms with Gasteiger partial charge in [0, 0.05) is 6.07 Å². The van der Waals surface area contributed by atoms with Gasteiger partial charge >= 0.3 is 0 Å². The second-order valence-corrected chi connectivity index (χ2v) is 3.61. The lowest BCUT2D eigenvalue weighted by atomic mass is 10.1. The number of hydrogen-bond donors (Lipinski definition) is 0. The Morgan fingerprint density at radius 3 is 2.31 bits per heavy atom. The highest BCUT2D eigenvalue weighted by atomic mass is 35.5. The lowest BCUT2D eigenvalue weighted by Gasteiger charge is -2.05. The first-order valence-corrected chi connectivity index (χ1v) is 4.91. The lowest BCUT2D eigenvalue weighted by molar-refractivity contribution is 0.588. The maximum absolute atomic E-state index is 13.5. The van der Waals surface area contributed by atoms with Gasteiger partial charge in [0.05, 0.1) is 11.3 Å². The Balaban J connectivity index is 2.67. The molecule has 0 saturated heterocycles. The zero-order chi connectivity index (χ0) is 11.7. The molecule has 1 aromatic carbocycles.